The molecule has 0 spiro atoms. The highest BCUT2D eigenvalue weighted by Crippen LogP contribution is 2.12. The number of carboxylic acid groups (broad SMARTS) is 1. The van der Waals surface area contributed by atoms with E-state index in [-0.39, 0.29) is 18.4 Å². The third-order valence-corrected chi connectivity index (χ3v) is 2.95. The molecule has 0 heterocycles. The molecule has 0 aliphatic carbocycles. The molecule has 0 saturated heterocycles. The SMILES string of the molecule is CC(CCNC(=O)CC(N)c1ccccc1)C(=O)O. The Hall–Kier alpha value is -1.88. The number of carboxylic acids is 1. The summed E-state index contributed by atoms with van der Waals surface area (Å²) in [5, 5.41) is 11.4. The topological polar surface area (TPSA) is 92.4 Å². The Labute approximate surface area is 112 Å². The maximum absolute atomic E-state index is 11.6. The fourth-order valence-corrected chi connectivity index (χ4v) is 1.64. The Morgan fingerprint density at radius 1 is 1.32 bits per heavy atom. The zero-order valence-electron chi connectivity index (χ0n) is 11.0. The average molecular weight is 264 g/mol. The average Bonchev–Trinajstić information content (AvgIpc) is 2.39. The summed E-state index contributed by atoms with van der Waals surface area (Å²) in [6.45, 7) is 1.97. The monoisotopic (exact) mass is 264 g/mol. The summed E-state index contributed by atoms with van der Waals surface area (Å²) in [6.07, 6.45) is 0.618. The maximum atomic E-state index is 11.6. The molecule has 0 bridgehead atoms. The van der Waals surface area contributed by atoms with Crippen LogP contribution in [-0.2, 0) is 9.59 Å². The number of benzene rings is 1. The standard InChI is InChI=1S/C14H20N2O3/c1-10(14(18)19)7-8-16-13(17)9-12(15)11-5-3-2-4-6-11/h2-6,10,12H,7-9,15H2,1H3,(H,16,17)(H,18,19). The number of amides is 1. The highest BCUT2D eigenvalue weighted by molar-refractivity contribution is 5.76. The van der Waals surface area contributed by atoms with Gasteiger partial charge in [-0.3, -0.25) is 9.59 Å². The van der Waals surface area contributed by atoms with E-state index in [2.05, 4.69) is 5.32 Å². The zero-order chi connectivity index (χ0) is 14.3. The summed E-state index contributed by atoms with van der Waals surface area (Å²) in [4.78, 5) is 22.2. The van der Waals surface area contributed by atoms with Gasteiger partial charge in [-0.05, 0) is 12.0 Å². The van der Waals surface area contributed by atoms with Crippen molar-refractivity contribution in [3.8, 4) is 0 Å². The molecule has 4 N–H and O–H groups in total. The van der Waals surface area contributed by atoms with Gasteiger partial charge in [0.25, 0.3) is 0 Å². The second kappa shape index (κ2) is 7.53. The van der Waals surface area contributed by atoms with E-state index < -0.39 is 11.9 Å². The van der Waals surface area contributed by atoms with Crippen LogP contribution in [0.2, 0.25) is 0 Å². The summed E-state index contributed by atoms with van der Waals surface area (Å²) in [6, 6.07) is 9.07. The van der Waals surface area contributed by atoms with Crippen molar-refractivity contribution < 1.29 is 14.7 Å². The van der Waals surface area contributed by atoms with Crippen molar-refractivity contribution in [2.24, 2.45) is 11.7 Å². The van der Waals surface area contributed by atoms with Gasteiger partial charge in [-0.25, -0.2) is 0 Å². The van der Waals surface area contributed by atoms with Crippen LogP contribution in [0.25, 0.3) is 0 Å². The highest BCUT2D eigenvalue weighted by Gasteiger charge is 2.13. The van der Waals surface area contributed by atoms with Gasteiger partial charge < -0.3 is 16.2 Å². The molecule has 0 aliphatic rings. The summed E-state index contributed by atoms with van der Waals surface area (Å²) in [5.41, 5.74) is 6.83. The first-order valence-electron chi connectivity index (χ1n) is 6.30. The van der Waals surface area contributed by atoms with E-state index in [4.69, 9.17) is 10.8 Å². The van der Waals surface area contributed by atoms with E-state index in [1.54, 1.807) is 6.92 Å². The molecule has 0 radical (unpaired) electrons. The molecule has 1 rings (SSSR count). The second-order valence-corrected chi connectivity index (χ2v) is 4.60. The van der Waals surface area contributed by atoms with E-state index in [0.717, 1.165) is 5.56 Å². The summed E-state index contributed by atoms with van der Waals surface area (Å²) in [7, 11) is 0. The third kappa shape index (κ3) is 5.52. The van der Waals surface area contributed by atoms with E-state index >= 15 is 0 Å². The molecular weight excluding hydrogens is 244 g/mol. The van der Waals surface area contributed by atoms with Gasteiger partial charge in [-0.2, -0.15) is 0 Å². The van der Waals surface area contributed by atoms with Gasteiger partial charge in [0.15, 0.2) is 0 Å². The van der Waals surface area contributed by atoms with Gasteiger partial charge in [0.1, 0.15) is 0 Å². The van der Waals surface area contributed by atoms with Crippen LogP contribution in [-0.4, -0.2) is 23.5 Å². The Kier molecular flexibility index (Phi) is 6.02. The van der Waals surface area contributed by atoms with Crippen LogP contribution in [0.3, 0.4) is 0 Å². The predicted octanol–water partition coefficient (Wildman–Crippen LogP) is 1.30. The third-order valence-electron chi connectivity index (χ3n) is 2.95. The predicted molar refractivity (Wildman–Crippen MR) is 72.4 cm³/mol. The van der Waals surface area contributed by atoms with Gasteiger partial charge >= 0.3 is 5.97 Å². The molecule has 2 atom stereocenters. The lowest BCUT2D eigenvalue weighted by molar-refractivity contribution is -0.141. The van der Waals surface area contributed by atoms with Crippen molar-refractivity contribution in [1.82, 2.24) is 5.32 Å². The second-order valence-electron chi connectivity index (χ2n) is 4.60. The van der Waals surface area contributed by atoms with E-state index in [9.17, 15) is 9.59 Å². The van der Waals surface area contributed by atoms with Crippen LogP contribution >= 0.6 is 0 Å². The Morgan fingerprint density at radius 3 is 2.53 bits per heavy atom. The Balaban J connectivity index is 2.30. The van der Waals surface area contributed by atoms with E-state index in [1.165, 1.54) is 0 Å². The minimum absolute atomic E-state index is 0.158. The molecule has 5 heteroatoms. The van der Waals surface area contributed by atoms with Crippen molar-refractivity contribution in [2.45, 2.75) is 25.8 Å². The summed E-state index contributed by atoms with van der Waals surface area (Å²) >= 11 is 0. The van der Waals surface area contributed by atoms with Crippen LogP contribution < -0.4 is 11.1 Å². The van der Waals surface area contributed by atoms with Crippen LogP contribution in [0.5, 0.6) is 0 Å². The van der Waals surface area contributed by atoms with Gasteiger partial charge in [-0.1, -0.05) is 37.3 Å². The van der Waals surface area contributed by atoms with Gasteiger partial charge in [0.2, 0.25) is 5.91 Å². The largest absolute Gasteiger partial charge is 0.481 e. The Morgan fingerprint density at radius 2 is 1.95 bits per heavy atom. The van der Waals surface area contributed by atoms with Crippen LogP contribution in [0.4, 0.5) is 0 Å². The first-order chi connectivity index (χ1) is 9.00. The van der Waals surface area contributed by atoms with Gasteiger partial charge in [0.05, 0.1) is 5.92 Å². The normalized spacial score (nSPS) is 13.6. The van der Waals surface area contributed by atoms with Crippen molar-refractivity contribution in [3.05, 3.63) is 35.9 Å². The smallest absolute Gasteiger partial charge is 0.306 e. The van der Waals surface area contributed by atoms with Crippen molar-refractivity contribution in [2.75, 3.05) is 6.54 Å². The van der Waals surface area contributed by atoms with Gasteiger partial charge in [0, 0.05) is 19.0 Å². The zero-order valence-corrected chi connectivity index (χ0v) is 11.0. The molecule has 0 aliphatic heterocycles. The number of carbonyl (C=O) groups excluding carboxylic acids is 1. The van der Waals surface area contributed by atoms with Crippen LogP contribution in [0, 0.1) is 5.92 Å². The number of rotatable bonds is 7. The number of nitrogens with one attached hydrogen (secondary N) is 1. The highest BCUT2D eigenvalue weighted by atomic mass is 16.4. The lowest BCUT2D eigenvalue weighted by atomic mass is 10.0. The molecule has 1 amide bonds. The van der Waals surface area contributed by atoms with Crippen molar-refractivity contribution in [3.63, 3.8) is 0 Å². The minimum Gasteiger partial charge on any atom is -0.481 e. The lowest BCUT2D eigenvalue weighted by Gasteiger charge is -2.12. The summed E-state index contributed by atoms with van der Waals surface area (Å²) in [5.74, 6) is -1.47. The molecule has 19 heavy (non-hydrogen) atoms. The van der Waals surface area contributed by atoms with Crippen molar-refractivity contribution in [1.29, 1.82) is 0 Å². The first kappa shape index (κ1) is 15.2. The quantitative estimate of drug-likeness (QED) is 0.692. The summed E-state index contributed by atoms with van der Waals surface area (Å²) < 4.78 is 0. The maximum Gasteiger partial charge on any atom is 0.306 e. The number of nitrogens with two attached hydrogens (primary N) is 1. The number of hydrogen-bond donors (Lipinski definition) is 3. The minimum atomic E-state index is -0.852. The number of hydrogen-bond acceptors (Lipinski definition) is 3. The molecule has 2 unspecified atom stereocenters. The Bertz CT molecular complexity index is 420. The van der Waals surface area contributed by atoms with Crippen molar-refractivity contribution >= 4 is 11.9 Å². The van der Waals surface area contributed by atoms with E-state index in [0.29, 0.717) is 13.0 Å². The first-order valence-corrected chi connectivity index (χ1v) is 6.30. The van der Waals surface area contributed by atoms with Crippen LogP contribution in [0.1, 0.15) is 31.4 Å². The molecule has 0 aromatic heterocycles. The molecular formula is C14H20N2O3. The van der Waals surface area contributed by atoms with Crippen LogP contribution in [0.15, 0.2) is 30.3 Å². The number of aliphatic carboxylic acids is 1. The van der Waals surface area contributed by atoms with Gasteiger partial charge in [-0.15, -0.1) is 0 Å². The molecule has 1 aromatic rings. The molecule has 5 nitrogen and oxygen atoms in total. The molecule has 104 valence electrons. The molecule has 1 aromatic carbocycles. The molecule has 0 fully saturated rings. The molecule has 0 saturated carbocycles. The lowest BCUT2D eigenvalue weighted by Crippen LogP contribution is -2.29. The number of carbonyl (C=O) groups is 2. The fourth-order valence-electron chi connectivity index (χ4n) is 1.64. The van der Waals surface area contributed by atoms with E-state index in [1.807, 2.05) is 30.3 Å². The fraction of sp³-hybridized carbons (Fsp3) is 0.429.